The molecule has 0 radical (unpaired) electrons. The molecule has 6 heteroatoms. The highest BCUT2D eigenvalue weighted by Gasteiger charge is 2.31. The molecule has 6 nitrogen and oxygen atoms in total. The number of H-pyrrole nitrogens is 1. The van der Waals surface area contributed by atoms with Crippen molar-refractivity contribution in [1.82, 2.24) is 15.5 Å². The number of amides is 2. The summed E-state index contributed by atoms with van der Waals surface area (Å²) in [5, 5.41) is 9.52. The molecule has 1 aromatic heterocycles. The summed E-state index contributed by atoms with van der Waals surface area (Å²) >= 11 is 0. The van der Waals surface area contributed by atoms with Crippen LogP contribution in [-0.2, 0) is 9.59 Å². The highest BCUT2D eigenvalue weighted by atomic mass is 16.2. The average Bonchev–Trinajstić information content (AvgIpc) is 2.77. The van der Waals surface area contributed by atoms with E-state index in [0.717, 1.165) is 11.3 Å². The smallest absolute Gasteiger partial charge is 0.249 e. The van der Waals surface area contributed by atoms with Gasteiger partial charge in [0.2, 0.25) is 11.8 Å². The molecule has 1 aliphatic rings. The van der Waals surface area contributed by atoms with Crippen LogP contribution in [-0.4, -0.2) is 35.1 Å². The Bertz CT molecular complexity index is 574. The average molecular weight is 274 g/mol. The number of hydrogen-bond acceptors (Lipinski definition) is 4. The fraction of sp³-hybridized carbons (Fsp3) is 0.357. The molecule has 2 rings (SSSR count). The van der Waals surface area contributed by atoms with Crippen LogP contribution in [0.3, 0.4) is 0 Å². The molecule has 20 heavy (non-hydrogen) atoms. The van der Waals surface area contributed by atoms with Gasteiger partial charge in [-0.05, 0) is 19.4 Å². The SMILES string of the molecule is C=C/C=C\c1c(N(C)C2CCC(=O)NC2=O)n[nH]c1C. The van der Waals surface area contributed by atoms with E-state index in [1.54, 1.807) is 18.0 Å². The normalized spacial score (nSPS) is 19.2. The Labute approximate surface area is 117 Å². The van der Waals surface area contributed by atoms with Crippen molar-refractivity contribution in [1.29, 1.82) is 0 Å². The first kappa shape index (κ1) is 14.0. The molecular weight excluding hydrogens is 256 g/mol. The maximum absolute atomic E-state index is 11.9. The molecule has 1 aromatic rings. The summed E-state index contributed by atoms with van der Waals surface area (Å²) in [4.78, 5) is 24.9. The number of rotatable bonds is 4. The zero-order valence-electron chi connectivity index (χ0n) is 11.6. The molecule has 2 N–H and O–H groups in total. The van der Waals surface area contributed by atoms with Crippen LogP contribution in [0.4, 0.5) is 5.82 Å². The summed E-state index contributed by atoms with van der Waals surface area (Å²) < 4.78 is 0. The highest BCUT2D eigenvalue weighted by Crippen LogP contribution is 2.25. The van der Waals surface area contributed by atoms with Crippen LogP contribution in [0.5, 0.6) is 0 Å². The molecule has 106 valence electrons. The van der Waals surface area contributed by atoms with Crippen LogP contribution >= 0.6 is 0 Å². The number of anilines is 1. The second-order valence-electron chi connectivity index (χ2n) is 4.76. The largest absolute Gasteiger partial charge is 0.346 e. The third kappa shape index (κ3) is 2.64. The molecule has 2 amide bonds. The number of piperidine rings is 1. The number of hydrogen-bond donors (Lipinski definition) is 2. The minimum Gasteiger partial charge on any atom is -0.346 e. The minimum atomic E-state index is -0.383. The second-order valence-corrected chi connectivity index (χ2v) is 4.76. The monoisotopic (exact) mass is 274 g/mol. The highest BCUT2D eigenvalue weighted by molar-refractivity contribution is 6.01. The topological polar surface area (TPSA) is 78.1 Å². The lowest BCUT2D eigenvalue weighted by Gasteiger charge is -2.30. The lowest BCUT2D eigenvalue weighted by atomic mass is 10.0. The molecule has 0 bridgehead atoms. The van der Waals surface area contributed by atoms with Crippen molar-refractivity contribution in [2.45, 2.75) is 25.8 Å². The Morgan fingerprint density at radius 3 is 2.85 bits per heavy atom. The molecule has 2 heterocycles. The minimum absolute atomic E-state index is 0.218. The van der Waals surface area contributed by atoms with E-state index in [2.05, 4.69) is 22.1 Å². The van der Waals surface area contributed by atoms with Crippen LogP contribution in [0.15, 0.2) is 18.7 Å². The van der Waals surface area contributed by atoms with Crippen molar-refractivity contribution < 1.29 is 9.59 Å². The van der Waals surface area contributed by atoms with E-state index >= 15 is 0 Å². The molecule has 0 aromatic carbocycles. The summed E-state index contributed by atoms with van der Waals surface area (Å²) in [5.41, 5.74) is 1.83. The molecular formula is C14H18N4O2. The zero-order chi connectivity index (χ0) is 14.7. The lowest BCUT2D eigenvalue weighted by Crippen LogP contribution is -2.51. The third-order valence-corrected chi connectivity index (χ3v) is 3.39. The van der Waals surface area contributed by atoms with Crippen molar-refractivity contribution in [2.24, 2.45) is 0 Å². The fourth-order valence-corrected chi connectivity index (χ4v) is 2.26. The Hall–Kier alpha value is -2.37. The van der Waals surface area contributed by atoms with Crippen molar-refractivity contribution in [3.05, 3.63) is 30.0 Å². The Morgan fingerprint density at radius 2 is 2.20 bits per heavy atom. The first-order valence-electron chi connectivity index (χ1n) is 6.45. The van der Waals surface area contributed by atoms with E-state index in [0.29, 0.717) is 18.7 Å². The van der Waals surface area contributed by atoms with Crippen LogP contribution in [0.2, 0.25) is 0 Å². The van der Waals surface area contributed by atoms with Gasteiger partial charge in [-0.15, -0.1) is 0 Å². The van der Waals surface area contributed by atoms with E-state index in [-0.39, 0.29) is 17.9 Å². The van der Waals surface area contributed by atoms with Gasteiger partial charge in [-0.25, -0.2) is 0 Å². The Balaban J connectivity index is 2.27. The molecule has 0 aliphatic carbocycles. The van der Waals surface area contributed by atoms with E-state index < -0.39 is 0 Å². The van der Waals surface area contributed by atoms with Gasteiger partial charge in [0.1, 0.15) is 6.04 Å². The van der Waals surface area contributed by atoms with Gasteiger partial charge >= 0.3 is 0 Å². The number of aryl methyl sites for hydroxylation is 1. The maximum Gasteiger partial charge on any atom is 0.249 e. The number of nitrogens with zero attached hydrogens (tertiary/aromatic N) is 2. The maximum atomic E-state index is 11.9. The van der Waals surface area contributed by atoms with Gasteiger partial charge in [0.15, 0.2) is 5.82 Å². The van der Waals surface area contributed by atoms with Gasteiger partial charge in [0.05, 0.1) is 0 Å². The first-order valence-corrected chi connectivity index (χ1v) is 6.45. The van der Waals surface area contributed by atoms with Crippen LogP contribution in [0.25, 0.3) is 6.08 Å². The number of likely N-dealkylation sites (N-methyl/N-ethyl adjacent to an activating group) is 1. The van der Waals surface area contributed by atoms with E-state index in [9.17, 15) is 9.59 Å². The molecule has 1 atom stereocenters. The van der Waals surface area contributed by atoms with E-state index in [1.807, 2.05) is 19.1 Å². The molecule has 1 aliphatic heterocycles. The number of nitrogens with one attached hydrogen (secondary N) is 2. The van der Waals surface area contributed by atoms with Crippen molar-refractivity contribution in [3.8, 4) is 0 Å². The number of imide groups is 1. The molecule has 1 unspecified atom stereocenters. The van der Waals surface area contributed by atoms with Crippen molar-refractivity contribution in [2.75, 3.05) is 11.9 Å². The Kier molecular flexibility index (Phi) is 4.02. The number of aromatic amines is 1. The van der Waals surface area contributed by atoms with Crippen LogP contribution in [0.1, 0.15) is 24.1 Å². The van der Waals surface area contributed by atoms with Gasteiger partial charge in [0, 0.05) is 24.7 Å². The predicted molar refractivity (Wildman–Crippen MR) is 77.1 cm³/mol. The lowest BCUT2D eigenvalue weighted by molar-refractivity contribution is -0.134. The number of carbonyl (C=O) groups excluding carboxylic acids is 2. The van der Waals surface area contributed by atoms with Crippen molar-refractivity contribution in [3.63, 3.8) is 0 Å². The first-order chi connectivity index (χ1) is 9.54. The summed E-state index contributed by atoms with van der Waals surface area (Å²) in [5.74, 6) is 0.197. The van der Waals surface area contributed by atoms with Crippen LogP contribution in [0, 0.1) is 6.92 Å². The van der Waals surface area contributed by atoms with E-state index in [1.165, 1.54) is 0 Å². The summed E-state index contributed by atoms with van der Waals surface area (Å²) in [6.07, 6.45) is 6.24. The molecule has 1 fully saturated rings. The standard InChI is InChI=1S/C14H18N4O2/c1-4-5-6-10-9(2)16-17-13(10)18(3)11-7-8-12(19)15-14(11)20/h4-6,11H,1,7-8H2,2-3H3,(H,16,17)(H,15,19,20)/b6-5-. The fourth-order valence-electron chi connectivity index (χ4n) is 2.26. The number of carbonyl (C=O) groups is 2. The third-order valence-electron chi connectivity index (χ3n) is 3.39. The summed E-state index contributed by atoms with van der Waals surface area (Å²) in [6.45, 7) is 5.56. The summed E-state index contributed by atoms with van der Waals surface area (Å²) in [7, 11) is 1.81. The number of aromatic nitrogens is 2. The van der Waals surface area contributed by atoms with Crippen molar-refractivity contribution >= 4 is 23.7 Å². The molecule has 0 saturated carbocycles. The second kappa shape index (κ2) is 5.73. The van der Waals surface area contributed by atoms with Gasteiger partial charge in [-0.2, -0.15) is 5.10 Å². The number of allylic oxidation sites excluding steroid dienone is 2. The molecule has 1 saturated heterocycles. The van der Waals surface area contributed by atoms with E-state index in [4.69, 9.17) is 0 Å². The van der Waals surface area contributed by atoms with Gasteiger partial charge in [-0.3, -0.25) is 20.0 Å². The Morgan fingerprint density at radius 1 is 1.45 bits per heavy atom. The van der Waals surface area contributed by atoms with Gasteiger partial charge in [0.25, 0.3) is 0 Å². The van der Waals surface area contributed by atoms with Gasteiger partial charge in [-0.1, -0.05) is 18.7 Å². The van der Waals surface area contributed by atoms with Crippen LogP contribution < -0.4 is 10.2 Å². The van der Waals surface area contributed by atoms with Gasteiger partial charge < -0.3 is 4.90 Å². The molecule has 0 spiro atoms. The quantitative estimate of drug-likeness (QED) is 0.638. The predicted octanol–water partition coefficient (Wildman–Crippen LogP) is 1.16. The summed E-state index contributed by atoms with van der Waals surface area (Å²) in [6, 6.07) is -0.383. The zero-order valence-corrected chi connectivity index (χ0v) is 11.6.